The van der Waals surface area contributed by atoms with Gasteiger partial charge in [-0.05, 0) is 78.4 Å². The van der Waals surface area contributed by atoms with Gasteiger partial charge < -0.3 is 14.8 Å². The molecule has 1 heterocycles. The highest BCUT2D eigenvalue weighted by molar-refractivity contribution is 7.92. The van der Waals surface area contributed by atoms with Gasteiger partial charge in [-0.25, -0.2) is 13.8 Å². The lowest BCUT2D eigenvalue weighted by Crippen LogP contribution is -2.39. The summed E-state index contributed by atoms with van der Waals surface area (Å²) in [5, 5.41) is 6.66. The van der Waals surface area contributed by atoms with Crippen molar-refractivity contribution in [3.05, 3.63) is 109 Å². The van der Waals surface area contributed by atoms with E-state index in [1.807, 2.05) is 0 Å². The van der Waals surface area contributed by atoms with Gasteiger partial charge in [0.1, 0.15) is 18.0 Å². The van der Waals surface area contributed by atoms with E-state index in [1.54, 1.807) is 86.0 Å². The summed E-state index contributed by atoms with van der Waals surface area (Å²) in [7, 11) is -2.47. The largest absolute Gasteiger partial charge is 0.497 e. The Morgan fingerprint density at radius 3 is 2.27 bits per heavy atom. The highest BCUT2D eigenvalue weighted by Gasteiger charge is 2.27. The van der Waals surface area contributed by atoms with Crippen molar-refractivity contribution in [2.24, 2.45) is 5.10 Å². The van der Waals surface area contributed by atoms with Gasteiger partial charge in [-0.1, -0.05) is 18.2 Å². The van der Waals surface area contributed by atoms with Crippen LogP contribution < -0.4 is 24.5 Å². The molecule has 0 unspecified atom stereocenters. The summed E-state index contributed by atoms with van der Waals surface area (Å²) >= 11 is 0. The molecule has 2 amide bonds. The van der Waals surface area contributed by atoms with E-state index in [2.05, 4.69) is 20.8 Å². The number of amides is 2. The van der Waals surface area contributed by atoms with Crippen LogP contribution >= 0.6 is 0 Å². The Morgan fingerprint density at radius 2 is 1.61 bits per heavy atom. The minimum Gasteiger partial charge on any atom is -0.497 e. The number of sulfonamides is 1. The summed E-state index contributed by atoms with van der Waals surface area (Å²) in [6.07, 6.45) is 4.27. The van der Waals surface area contributed by atoms with Crippen molar-refractivity contribution in [2.45, 2.75) is 4.90 Å². The van der Waals surface area contributed by atoms with Crippen LogP contribution in [0.25, 0.3) is 0 Å². The second-order valence-corrected chi connectivity index (χ2v) is 10.3. The fourth-order valence-electron chi connectivity index (χ4n) is 3.55. The fourth-order valence-corrected chi connectivity index (χ4v) is 4.98. The molecule has 0 spiro atoms. The highest BCUT2D eigenvalue weighted by Crippen LogP contribution is 2.22. The van der Waals surface area contributed by atoms with Gasteiger partial charge in [0.15, 0.2) is 6.61 Å². The molecule has 11 nitrogen and oxygen atoms in total. The van der Waals surface area contributed by atoms with E-state index in [-0.39, 0.29) is 23.1 Å². The number of pyridine rings is 1. The second kappa shape index (κ2) is 13.7. The van der Waals surface area contributed by atoms with Gasteiger partial charge in [-0.3, -0.25) is 18.9 Å². The number of hydrogen-bond acceptors (Lipinski definition) is 8. The highest BCUT2D eigenvalue weighted by atomic mass is 32.2. The van der Waals surface area contributed by atoms with Crippen LogP contribution in [0.2, 0.25) is 0 Å². The van der Waals surface area contributed by atoms with E-state index in [0.29, 0.717) is 22.7 Å². The zero-order valence-electron chi connectivity index (χ0n) is 22.0. The molecule has 41 heavy (non-hydrogen) atoms. The number of carbonyl (C=O) groups excluding carboxylic acids is 2. The molecular weight excluding hydrogens is 546 g/mol. The first-order valence-corrected chi connectivity index (χ1v) is 13.8. The number of benzene rings is 3. The van der Waals surface area contributed by atoms with Crippen molar-refractivity contribution in [1.29, 1.82) is 0 Å². The topological polar surface area (TPSA) is 139 Å². The van der Waals surface area contributed by atoms with Crippen LogP contribution in [0.3, 0.4) is 0 Å². The van der Waals surface area contributed by atoms with Crippen LogP contribution in [0.15, 0.2) is 113 Å². The molecule has 3 aromatic carbocycles. The van der Waals surface area contributed by atoms with Crippen molar-refractivity contribution in [3.8, 4) is 11.5 Å². The summed E-state index contributed by atoms with van der Waals surface area (Å²) in [4.78, 5) is 28.8. The number of nitrogens with zero attached hydrogens (tertiary/aromatic N) is 3. The van der Waals surface area contributed by atoms with Crippen LogP contribution in [-0.2, 0) is 19.6 Å². The summed E-state index contributed by atoms with van der Waals surface area (Å²) in [6.45, 7) is -0.694. The Bertz CT molecular complexity index is 1580. The summed E-state index contributed by atoms with van der Waals surface area (Å²) in [5.41, 5.74) is 3.85. The fraction of sp³-hybridized carbons (Fsp3) is 0.103. The lowest BCUT2D eigenvalue weighted by molar-refractivity contribution is -0.119. The molecule has 0 aliphatic carbocycles. The molecular formula is C29H27N5O6S. The predicted molar refractivity (Wildman–Crippen MR) is 155 cm³/mol. The quantitative estimate of drug-likeness (QED) is 0.195. The zero-order chi connectivity index (χ0) is 29.1. The van der Waals surface area contributed by atoms with Gasteiger partial charge in [0.25, 0.3) is 21.8 Å². The van der Waals surface area contributed by atoms with E-state index < -0.39 is 22.5 Å². The molecule has 4 rings (SSSR count). The Labute approximate surface area is 237 Å². The molecule has 0 fully saturated rings. The average Bonchev–Trinajstić information content (AvgIpc) is 3.00. The van der Waals surface area contributed by atoms with E-state index in [9.17, 15) is 18.0 Å². The first-order chi connectivity index (χ1) is 19.8. The van der Waals surface area contributed by atoms with Crippen LogP contribution in [0.5, 0.6) is 11.5 Å². The SMILES string of the molecule is COc1ccc(NC(=O)COc2ccc(/C=N\NC(=O)CN(c3cccnc3)S(=O)(=O)c3ccccc3)cc2)cc1. The number of carbonyl (C=O) groups is 2. The number of hydrazone groups is 1. The molecule has 0 aliphatic heterocycles. The number of nitrogens with one attached hydrogen (secondary N) is 2. The third-order valence-electron chi connectivity index (χ3n) is 5.58. The van der Waals surface area contributed by atoms with Crippen molar-refractivity contribution >= 4 is 39.4 Å². The number of anilines is 2. The molecule has 0 radical (unpaired) electrons. The van der Waals surface area contributed by atoms with Crippen molar-refractivity contribution < 1.29 is 27.5 Å². The molecule has 0 aliphatic rings. The molecule has 0 saturated carbocycles. The third kappa shape index (κ3) is 8.13. The number of methoxy groups -OCH3 is 1. The van der Waals surface area contributed by atoms with Crippen LogP contribution in [-0.4, -0.2) is 51.7 Å². The van der Waals surface area contributed by atoms with Crippen LogP contribution in [0.1, 0.15) is 5.56 Å². The first kappa shape index (κ1) is 28.8. The number of aromatic nitrogens is 1. The van der Waals surface area contributed by atoms with Crippen molar-refractivity contribution in [2.75, 3.05) is 29.9 Å². The monoisotopic (exact) mass is 573 g/mol. The number of hydrogen-bond donors (Lipinski definition) is 2. The van der Waals surface area contributed by atoms with Gasteiger partial charge >= 0.3 is 0 Å². The van der Waals surface area contributed by atoms with E-state index in [0.717, 1.165) is 4.31 Å². The Balaban J connectivity index is 1.30. The molecule has 12 heteroatoms. The average molecular weight is 574 g/mol. The molecule has 210 valence electrons. The molecule has 2 N–H and O–H groups in total. The Hall–Kier alpha value is -5.23. The second-order valence-electron chi connectivity index (χ2n) is 8.46. The molecule has 0 atom stereocenters. The third-order valence-corrected chi connectivity index (χ3v) is 7.37. The van der Waals surface area contributed by atoms with E-state index in [4.69, 9.17) is 9.47 Å². The van der Waals surface area contributed by atoms with Crippen molar-refractivity contribution in [1.82, 2.24) is 10.4 Å². The van der Waals surface area contributed by atoms with Gasteiger partial charge in [-0.2, -0.15) is 5.10 Å². The lowest BCUT2D eigenvalue weighted by Gasteiger charge is -2.23. The summed E-state index contributed by atoms with van der Waals surface area (Å²) in [5.74, 6) is 0.185. The lowest BCUT2D eigenvalue weighted by atomic mass is 10.2. The minimum atomic E-state index is -4.03. The maximum atomic E-state index is 13.2. The molecule has 0 bridgehead atoms. The number of ether oxygens (including phenoxy) is 2. The van der Waals surface area contributed by atoms with Gasteiger partial charge in [-0.15, -0.1) is 0 Å². The summed E-state index contributed by atoms with van der Waals surface area (Å²) < 4.78 is 38.1. The maximum absolute atomic E-state index is 13.2. The summed E-state index contributed by atoms with van der Waals surface area (Å²) in [6, 6.07) is 24.6. The normalized spacial score (nSPS) is 11.0. The standard InChI is InChI=1S/C29H27N5O6S/c1-39-25-15-11-23(12-16-25)32-29(36)21-40-26-13-9-22(10-14-26)18-31-33-28(35)20-34(24-6-5-17-30-19-24)41(37,38)27-7-3-2-4-8-27/h2-19H,20-21H2,1H3,(H,32,36)(H,33,35)/b31-18-. The number of rotatable bonds is 12. The smallest absolute Gasteiger partial charge is 0.264 e. The zero-order valence-corrected chi connectivity index (χ0v) is 22.8. The van der Waals surface area contributed by atoms with Crippen molar-refractivity contribution in [3.63, 3.8) is 0 Å². The molecule has 4 aromatic rings. The first-order valence-electron chi connectivity index (χ1n) is 12.3. The molecule has 0 saturated heterocycles. The Morgan fingerprint density at radius 1 is 0.902 bits per heavy atom. The van der Waals surface area contributed by atoms with Crippen LogP contribution in [0.4, 0.5) is 11.4 Å². The van der Waals surface area contributed by atoms with E-state index in [1.165, 1.54) is 30.7 Å². The van der Waals surface area contributed by atoms with Gasteiger partial charge in [0.05, 0.1) is 30.1 Å². The minimum absolute atomic E-state index is 0.0423. The molecule has 1 aromatic heterocycles. The van der Waals surface area contributed by atoms with E-state index >= 15 is 0 Å². The predicted octanol–water partition coefficient (Wildman–Crippen LogP) is 3.45. The van der Waals surface area contributed by atoms with Crippen LogP contribution in [0, 0.1) is 0 Å². The van der Waals surface area contributed by atoms with Gasteiger partial charge in [0, 0.05) is 11.9 Å². The Kier molecular flexibility index (Phi) is 9.62. The van der Waals surface area contributed by atoms with Gasteiger partial charge in [0.2, 0.25) is 0 Å². The maximum Gasteiger partial charge on any atom is 0.264 e.